The molecule has 8 nitrogen and oxygen atoms in total. The minimum absolute atomic E-state index is 0.0487. The summed E-state index contributed by atoms with van der Waals surface area (Å²) in [6.07, 6.45) is 5.07. The number of anilines is 1. The molecule has 3 aliphatic rings. The number of hydrogen-bond acceptors (Lipinski definition) is 6. The summed E-state index contributed by atoms with van der Waals surface area (Å²) in [5.74, 6) is 0.104. The summed E-state index contributed by atoms with van der Waals surface area (Å²) in [7, 11) is 0. The molecule has 9 heteroatoms. The van der Waals surface area contributed by atoms with E-state index in [0.29, 0.717) is 47.8 Å². The molecule has 0 amide bonds. The van der Waals surface area contributed by atoms with Crippen molar-refractivity contribution in [2.75, 3.05) is 24.6 Å². The summed E-state index contributed by atoms with van der Waals surface area (Å²) in [4.78, 5) is 20.2. The van der Waals surface area contributed by atoms with Gasteiger partial charge in [0, 0.05) is 42.6 Å². The summed E-state index contributed by atoms with van der Waals surface area (Å²) in [6.45, 7) is 15.6. The lowest BCUT2D eigenvalue weighted by atomic mass is 9.92. The molecule has 2 atom stereocenters. The first-order chi connectivity index (χ1) is 22.7. The van der Waals surface area contributed by atoms with Gasteiger partial charge in [0.2, 0.25) is 0 Å². The van der Waals surface area contributed by atoms with Gasteiger partial charge in [-0.15, -0.1) is 0 Å². The minimum atomic E-state index is -1.18. The normalized spacial score (nSPS) is 21.2. The van der Waals surface area contributed by atoms with Crippen molar-refractivity contribution in [2.45, 2.75) is 104 Å². The Morgan fingerprint density at radius 2 is 1.81 bits per heavy atom. The number of ether oxygens (including phenoxy) is 3. The van der Waals surface area contributed by atoms with Crippen LogP contribution in [0.15, 0.2) is 48.7 Å². The van der Waals surface area contributed by atoms with Crippen LogP contribution < -0.4 is 9.64 Å². The van der Waals surface area contributed by atoms with Crippen LogP contribution in [-0.2, 0) is 14.3 Å². The van der Waals surface area contributed by atoms with E-state index in [9.17, 15) is 9.90 Å². The Bertz CT molecular complexity index is 1820. The topological polar surface area (TPSA) is 85.5 Å². The van der Waals surface area contributed by atoms with Crippen molar-refractivity contribution in [2.24, 2.45) is 0 Å². The zero-order chi connectivity index (χ0) is 34.4. The van der Waals surface area contributed by atoms with Crippen molar-refractivity contribution in [3.8, 4) is 28.1 Å². The third-order valence-electron chi connectivity index (χ3n) is 9.57. The second kappa shape index (κ2) is 13.2. The molecule has 4 aromatic rings. The van der Waals surface area contributed by atoms with Crippen molar-refractivity contribution in [1.82, 2.24) is 9.38 Å². The van der Waals surface area contributed by atoms with Gasteiger partial charge in [0.15, 0.2) is 6.10 Å². The highest BCUT2D eigenvalue weighted by molar-refractivity contribution is 5.80. The Morgan fingerprint density at radius 3 is 2.52 bits per heavy atom. The fourth-order valence-electron chi connectivity index (χ4n) is 6.90. The monoisotopic (exact) mass is 657 g/mol. The number of carboxylic acid groups (broad SMARTS) is 1. The molecule has 0 saturated carbocycles. The van der Waals surface area contributed by atoms with Gasteiger partial charge in [-0.3, -0.25) is 4.40 Å². The molecule has 1 fully saturated rings. The van der Waals surface area contributed by atoms with E-state index in [1.165, 1.54) is 0 Å². The molecule has 5 heterocycles. The number of pyridine rings is 1. The zero-order valence-electron chi connectivity index (χ0n) is 29.2. The highest BCUT2D eigenvalue weighted by atomic mass is 19.1. The van der Waals surface area contributed by atoms with Crippen molar-refractivity contribution in [3.05, 3.63) is 71.2 Å². The number of nitrogens with zero attached hydrogens (tertiary/aromatic N) is 3. The molecule has 0 aliphatic carbocycles. The van der Waals surface area contributed by atoms with Crippen molar-refractivity contribution >= 4 is 17.4 Å². The number of halogens is 1. The summed E-state index contributed by atoms with van der Waals surface area (Å²) in [5, 5.41) is 10.5. The number of rotatable bonds is 3. The van der Waals surface area contributed by atoms with Crippen molar-refractivity contribution in [3.63, 3.8) is 0 Å². The second-order valence-corrected chi connectivity index (χ2v) is 14.8. The van der Waals surface area contributed by atoms with Gasteiger partial charge in [-0.1, -0.05) is 18.2 Å². The lowest BCUT2D eigenvalue weighted by molar-refractivity contribution is -0.160. The maximum Gasteiger partial charge on any atom is 0.337 e. The van der Waals surface area contributed by atoms with E-state index in [2.05, 4.69) is 18.7 Å². The maximum absolute atomic E-state index is 15.0. The molecule has 6 bridgehead atoms. The summed E-state index contributed by atoms with van der Waals surface area (Å²) >= 11 is 0. The molecule has 3 aliphatic heterocycles. The van der Waals surface area contributed by atoms with Crippen LogP contribution >= 0.6 is 0 Å². The fraction of sp³-hybridized carbons (Fsp3) is 0.487. The minimum Gasteiger partial charge on any atom is -0.490 e. The number of aliphatic carboxylic acids is 1. The van der Waals surface area contributed by atoms with Crippen LogP contribution in [0.25, 0.3) is 28.0 Å². The number of hydrogen-bond donors (Lipinski definition) is 1. The molecule has 0 spiro atoms. The number of piperidine rings is 1. The summed E-state index contributed by atoms with van der Waals surface area (Å²) in [5.41, 5.74) is 4.80. The number of carbonyl (C=O) groups is 1. The van der Waals surface area contributed by atoms with E-state index in [1.807, 2.05) is 68.6 Å². The summed E-state index contributed by atoms with van der Waals surface area (Å²) in [6, 6.07) is 13.2. The van der Waals surface area contributed by atoms with Gasteiger partial charge in [-0.25, -0.2) is 14.2 Å². The van der Waals surface area contributed by atoms with Crippen LogP contribution in [0.2, 0.25) is 0 Å². The number of fused-ring (bicyclic) bond motifs is 8. The van der Waals surface area contributed by atoms with E-state index in [0.717, 1.165) is 60.3 Å². The van der Waals surface area contributed by atoms with E-state index in [4.69, 9.17) is 19.2 Å². The van der Waals surface area contributed by atoms with Gasteiger partial charge >= 0.3 is 5.97 Å². The molecule has 7 rings (SSSR count). The van der Waals surface area contributed by atoms with Gasteiger partial charge in [0.25, 0.3) is 0 Å². The van der Waals surface area contributed by atoms with Crippen LogP contribution in [0, 0.1) is 19.7 Å². The van der Waals surface area contributed by atoms with E-state index in [-0.39, 0.29) is 17.5 Å². The maximum atomic E-state index is 15.0. The Kier molecular flexibility index (Phi) is 9.30. The molecule has 0 radical (unpaired) electrons. The molecule has 1 saturated heterocycles. The number of aromatic nitrogens is 2. The molecule has 2 aromatic carbocycles. The smallest absolute Gasteiger partial charge is 0.337 e. The standard InChI is InChI=1S/C39H48FN3O5/c1-24-19-32-29(22-30(24)40)27-12-10-13-28(21-27)31-23-43-33(41-31)20-25(2)34(35(37(44)45)48-38(4,5)6)36(43)42-16-14-39(7,15-17-42)46-18-9-8-11-26(3)47-32/h10,12-13,19-23,26,35H,8-9,11,14-18H2,1-7H3,(H,44,45)/t26-,35+/m1/s1. The molecular formula is C39H48FN3O5. The molecular weight excluding hydrogens is 609 g/mol. The number of carboxylic acids is 1. The fourth-order valence-corrected chi connectivity index (χ4v) is 6.90. The van der Waals surface area contributed by atoms with Crippen LogP contribution in [0.3, 0.4) is 0 Å². The first kappa shape index (κ1) is 33.9. The molecule has 0 unspecified atom stereocenters. The summed E-state index contributed by atoms with van der Waals surface area (Å²) < 4.78 is 36.2. The van der Waals surface area contributed by atoms with Crippen LogP contribution in [-0.4, -0.2) is 57.5 Å². The van der Waals surface area contributed by atoms with Crippen LogP contribution in [0.1, 0.15) is 89.5 Å². The van der Waals surface area contributed by atoms with Gasteiger partial charge in [0.05, 0.1) is 23.0 Å². The first-order valence-corrected chi connectivity index (χ1v) is 17.1. The van der Waals surface area contributed by atoms with Gasteiger partial charge in [0.1, 0.15) is 23.0 Å². The van der Waals surface area contributed by atoms with E-state index >= 15 is 4.39 Å². The average molecular weight is 658 g/mol. The Hall–Kier alpha value is -3.95. The molecule has 1 N–H and O–H groups in total. The lowest BCUT2D eigenvalue weighted by Crippen LogP contribution is -2.45. The predicted octanol–water partition coefficient (Wildman–Crippen LogP) is 8.69. The predicted molar refractivity (Wildman–Crippen MR) is 186 cm³/mol. The highest BCUT2D eigenvalue weighted by Crippen LogP contribution is 2.40. The van der Waals surface area contributed by atoms with E-state index in [1.54, 1.807) is 19.1 Å². The molecule has 256 valence electrons. The third kappa shape index (κ3) is 7.08. The lowest BCUT2D eigenvalue weighted by Gasteiger charge is -2.41. The Morgan fingerprint density at radius 1 is 1.08 bits per heavy atom. The number of aryl methyl sites for hydroxylation is 2. The van der Waals surface area contributed by atoms with E-state index < -0.39 is 17.7 Å². The Labute approximate surface area is 282 Å². The second-order valence-electron chi connectivity index (χ2n) is 14.8. The van der Waals surface area contributed by atoms with Gasteiger partial charge in [-0.05, 0) is 122 Å². The van der Waals surface area contributed by atoms with Crippen molar-refractivity contribution < 1.29 is 28.5 Å². The quantitative estimate of drug-likeness (QED) is 0.236. The molecule has 2 aromatic heterocycles. The number of benzene rings is 2. The van der Waals surface area contributed by atoms with Crippen molar-refractivity contribution in [1.29, 1.82) is 0 Å². The van der Waals surface area contributed by atoms with Gasteiger partial charge in [-0.2, -0.15) is 0 Å². The largest absolute Gasteiger partial charge is 0.490 e. The Balaban J connectivity index is 1.54. The number of imidazole rings is 1. The third-order valence-corrected chi connectivity index (χ3v) is 9.57. The average Bonchev–Trinajstić information content (AvgIpc) is 3.44. The van der Waals surface area contributed by atoms with Gasteiger partial charge < -0.3 is 24.2 Å². The van der Waals surface area contributed by atoms with Crippen LogP contribution in [0.4, 0.5) is 10.2 Å². The highest BCUT2D eigenvalue weighted by Gasteiger charge is 2.37. The van der Waals surface area contributed by atoms with Crippen LogP contribution in [0.5, 0.6) is 5.75 Å². The molecule has 48 heavy (non-hydrogen) atoms. The SMILES string of the molecule is Cc1cc2c(cc1F)-c1cccc(c1)-c1cn3c(c([C@H](OC(C)(C)C)C(=O)O)c(C)cc3n1)N1CCC(C)(CC1)OCCCC[C@@H](C)O2. The zero-order valence-corrected chi connectivity index (χ0v) is 29.2. The first-order valence-electron chi connectivity index (χ1n) is 17.1.